The maximum Gasteiger partial charge on any atom is 0.266 e. The third-order valence-electron chi connectivity index (χ3n) is 3.92. The van der Waals surface area contributed by atoms with E-state index < -0.39 is 0 Å². The van der Waals surface area contributed by atoms with Crippen molar-refractivity contribution < 1.29 is 4.79 Å². The van der Waals surface area contributed by atoms with Crippen molar-refractivity contribution in [3.63, 3.8) is 0 Å². The Bertz CT molecular complexity index is 1010. The Morgan fingerprint density at radius 2 is 1.85 bits per heavy atom. The third kappa shape index (κ3) is 3.96. The summed E-state index contributed by atoms with van der Waals surface area (Å²) in [6, 6.07) is 13.4. The van der Waals surface area contributed by atoms with E-state index in [9.17, 15) is 9.59 Å². The standard InChI is InChI=1S/C20H21N3O2S/c1-13-10-14(2)12-16(11-13)23-19(25)17-6-4-5-7-18(17)22-20(23)26-9-8-21-15(3)24/h4-7,10-12H,8-9H2,1-3H3,(H,21,24). The molecule has 6 heteroatoms. The number of aromatic nitrogens is 2. The lowest BCUT2D eigenvalue weighted by Gasteiger charge is -2.14. The van der Waals surface area contributed by atoms with E-state index in [1.54, 1.807) is 10.6 Å². The van der Waals surface area contributed by atoms with E-state index in [4.69, 9.17) is 4.98 Å². The fraction of sp³-hybridized carbons (Fsp3) is 0.250. The van der Waals surface area contributed by atoms with Gasteiger partial charge in [-0.25, -0.2) is 4.98 Å². The van der Waals surface area contributed by atoms with Gasteiger partial charge in [0, 0.05) is 19.2 Å². The van der Waals surface area contributed by atoms with Gasteiger partial charge in [0.25, 0.3) is 5.56 Å². The molecule has 5 nitrogen and oxygen atoms in total. The predicted octanol–water partition coefficient (Wildman–Crippen LogP) is 3.23. The SMILES string of the molecule is CC(=O)NCCSc1nc2ccccc2c(=O)n1-c1cc(C)cc(C)c1. The number of nitrogens with zero attached hydrogens (tertiary/aromatic N) is 2. The van der Waals surface area contributed by atoms with Gasteiger partial charge in [-0.3, -0.25) is 14.2 Å². The van der Waals surface area contributed by atoms with Crippen molar-refractivity contribution in [1.29, 1.82) is 0 Å². The molecule has 0 aliphatic rings. The van der Waals surface area contributed by atoms with Gasteiger partial charge < -0.3 is 5.32 Å². The van der Waals surface area contributed by atoms with Gasteiger partial charge in [-0.15, -0.1) is 0 Å². The molecule has 0 fully saturated rings. The monoisotopic (exact) mass is 367 g/mol. The molecule has 3 rings (SSSR count). The number of para-hydroxylation sites is 1. The number of hydrogen-bond acceptors (Lipinski definition) is 4. The number of carbonyl (C=O) groups excluding carboxylic acids is 1. The number of fused-ring (bicyclic) bond motifs is 1. The highest BCUT2D eigenvalue weighted by Crippen LogP contribution is 2.22. The van der Waals surface area contributed by atoms with Crippen molar-refractivity contribution in [2.45, 2.75) is 25.9 Å². The highest BCUT2D eigenvalue weighted by Gasteiger charge is 2.13. The van der Waals surface area contributed by atoms with Crippen LogP contribution in [0.15, 0.2) is 52.4 Å². The number of carbonyl (C=O) groups is 1. The van der Waals surface area contributed by atoms with Gasteiger partial charge in [-0.05, 0) is 49.2 Å². The summed E-state index contributed by atoms with van der Waals surface area (Å²) in [7, 11) is 0. The lowest BCUT2D eigenvalue weighted by atomic mass is 10.1. The second-order valence-corrected chi connectivity index (χ2v) is 7.29. The molecule has 0 radical (unpaired) electrons. The summed E-state index contributed by atoms with van der Waals surface area (Å²) in [4.78, 5) is 28.9. The predicted molar refractivity (Wildman–Crippen MR) is 106 cm³/mol. The average Bonchev–Trinajstić information content (AvgIpc) is 2.58. The van der Waals surface area contributed by atoms with E-state index in [1.165, 1.54) is 18.7 Å². The van der Waals surface area contributed by atoms with Crippen molar-refractivity contribution in [3.8, 4) is 5.69 Å². The lowest BCUT2D eigenvalue weighted by molar-refractivity contribution is -0.118. The van der Waals surface area contributed by atoms with Crippen LogP contribution in [-0.4, -0.2) is 27.8 Å². The van der Waals surface area contributed by atoms with Crippen molar-refractivity contribution >= 4 is 28.6 Å². The quantitative estimate of drug-likeness (QED) is 0.427. The molecular formula is C20H21N3O2S. The van der Waals surface area contributed by atoms with E-state index in [2.05, 4.69) is 11.4 Å². The summed E-state index contributed by atoms with van der Waals surface area (Å²) in [5.74, 6) is 0.568. The molecule has 1 N–H and O–H groups in total. The zero-order valence-electron chi connectivity index (χ0n) is 15.1. The summed E-state index contributed by atoms with van der Waals surface area (Å²) in [6.07, 6.45) is 0. The van der Waals surface area contributed by atoms with Gasteiger partial charge in [0.05, 0.1) is 16.6 Å². The van der Waals surface area contributed by atoms with Crippen LogP contribution in [0.3, 0.4) is 0 Å². The summed E-state index contributed by atoms with van der Waals surface area (Å²) < 4.78 is 1.67. The summed E-state index contributed by atoms with van der Waals surface area (Å²) in [5, 5.41) is 3.99. The van der Waals surface area contributed by atoms with Crippen LogP contribution >= 0.6 is 11.8 Å². The van der Waals surface area contributed by atoms with Gasteiger partial charge in [0.2, 0.25) is 5.91 Å². The average molecular weight is 367 g/mol. The van der Waals surface area contributed by atoms with Crippen LogP contribution in [-0.2, 0) is 4.79 Å². The molecule has 134 valence electrons. The molecule has 3 aromatic rings. The number of hydrogen-bond donors (Lipinski definition) is 1. The lowest BCUT2D eigenvalue weighted by Crippen LogP contribution is -2.24. The number of nitrogens with one attached hydrogen (secondary N) is 1. The van der Waals surface area contributed by atoms with Crippen molar-refractivity contribution in [2.24, 2.45) is 0 Å². The third-order valence-corrected chi connectivity index (χ3v) is 4.86. The van der Waals surface area contributed by atoms with Crippen molar-refractivity contribution in [2.75, 3.05) is 12.3 Å². The number of thioether (sulfide) groups is 1. The van der Waals surface area contributed by atoms with Gasteiger partial charge in [-0.2, -0.15) is 0 Å². The molecule has 0 aliphatic carbocycles. The molecule has 0 saturated carbocycles. The minimum absolute atomic E-state index is 0.0660. The van der Waals surface area contributed by atoms with E-state index in [0.717, 1.165) is 16.8 Å². The molecule has 0 aliphatic heterocycles. The second-order valence-electron chi connectivity index (χ2n) is 6.23. The second kappa shape index (κ2) is 7.74. The van der Waals surface area contributed by atoms with Crippen LogP contribution in [0.1, 0.15) is 18.1 Å². The molecule has 0 unspecified atom stereocenters. The maximum absolute atomic E-state index is 13.2. The van der Waals surface area contributed by atoms with Crippen LogP contribution in [0.5, 0.6) is 0 Å². The molecule has 2 aromatic carbocycles. The van der Waals surface area contributed by atoms with Gasteiger partial charge in [0.1, 0.15) is 0 Å². The molecule has 0 spiro atoms. The molecule has 1 aromatic heterocycles. The first kappa shape index (κ1) is 18.2. The molecular weight excluding hydrogens is 346 g/mol. The van der Waals surface area contributed by atoms with E-state index in [0.29, 0.717) is 28.4 Å². The first-order valence-electron chi connectivity index (χ1n) is 8.43. The normalized spacial score (nSPS) is 10.9. The van der Waals surface area contributed by atoms with Gasteiger partial charge >= 0.3 is 0 Å². The molecule has 0 bridgehead atoms. The number of rotatable bonds is 5. The summed E-state index contributed by atoms with van der Waals surface area (Å²) in [5.41, 5.74) is 3.60. The van der Waals surface area contributed by atoms with Gasteiger partial charge in [-0.1, -0.05) is 30.0 Å². The number of amides is 1. The minimum Gasteiger partial charge on any atom is -0.356 e. The first-order valence-corrected chi connectivity index (χ1v) is 9.42. The van der Waals surface area contributed by atoms with E-state index >= 15 is 0 Å². The van der Waals surface area contributed by atoms with E-state index in [1.807, 2.05) is 44.2 Å². The van der Waals surface area contributed by atoms with E-state index in [-0.39, 0.29) is 11.5 Å². The Labute approximate surface area is 156 Å². The van der Waals surface area contributed by atoms with Crippen LogP contribution in [0.4, 0.5) is 0 Å². The van der Waals surface area contributed by atoms with Crippen LogP contribution in [0.25, 0.3) is 16.6 Å². The molecule has 0 atom stereocenters. The highest BCUT2D eigenvalue weighted by molar-refractivity contribution is 7.99. The largest absolute Gasteiger partial charge is 0.356 e. The fourth-order valence-electron chi connectivity index (χ4n) is 2.89. The Balaban J connectivity index is 2.11. The molecule has 0 saturated heterocycles. The fourth-order valence-corrected chi connectivity index (χ4v) is 3.75. The molecule has 1 amide bonds. The van der Waals surface area contributed by atoms with Gasteiger partial charge in [0.15, 0.2) is 5.16 Å². The Kier molecular flexibility index (Phi) is 5.42. The summed E-state index contributed by atoms with van der Waals surface area (Å²) in [6.45, 7) is 6.04. The number of aryl methyl sites for hydroxylation is 2. The van der Waals surface area contributed by atoms with Crippen LogP contribution < -0.4 is 10.9 Å². The van der Waals surface area contributed by atoms with Crippen molar-refractivity contribution in [1.82, 2.24) is 14.9 Å². The Hall–Kier alpha value is -2.60. The Morgan fingerprint density at radius 1 is 1.15 bits per heavy atom. The summed E-state index contributed by atoms with van der Waals surface area (Å²) >= 11 is 1.46. The minimum atomic E-state index is -0.0809. The van der Waals surface area contributed by atoms with Crippen LogP contribution in [0.2, 0.25) is 0 Å². The van der Waals surface area contributed by atoms with Crippen LogP contribution in [0, 0.1) is 13.8 Å². The topological polar surface area (TPSA) is 64.0 Å². The zero-order valence-corrected chi connectivity index (χ0v) is 15.9. The number of benzene rings is 2. The highest BCUT2D eigenvalue weighted by atomic mass is 32.2. The smallest absolute Gasteiger partial charge is 0.266 e. The maximum atomic E-state index is 13.2. The molecule has 26 heavy (non-hydrogen) atoms. The Morgan fingerprint density at radius 3 is 2.54 bits per heavy atom. The zero-order chi connectivity index (χ0) is 18.7. The molecule has 1 heterocycles. The first-order chi connectivity index (χ1) is 12.5. The van der Waals surface area contributed by atoms with Crippen molar-refractivity contribution in [3.05, 3.63) is 63.9 Å².